The predicted molar refractivity (Wildman–Crippen MR) is 148 cm³/mol. The summed E-state index contributed by atoms with van der Waals surface area (Å²) in [5.74, 6) is 2.75. The average molecular weight is 558 g/mol. The molecule has 0 spiro atoms. The zero-order chi connectivity index (χ0) is 27.9. The Morgan fingerprint density at radius 2 is 1.85 bits per heavy atom. The highest BCUT2D eigenvalue weighted by Crippen LogP contribution is 2.37. The van der Waals surface area contributed by atoms with Crippen molar-refractivity contribution >= 4 is 38.9 Å². The molecule has 1 fully saturated rings. The Kier molecular flexibility index (Phi) is 7.32. The molecule has 4 heterocycles. The maximum Gasteiger partial charge on any atom is 0.410 e. The van der Waals surface area contributed by atoms with Gasteiger partial charge in [0.15, 0.2) is 5.82 Å². The van der Waals surface area contributed by atoms with Crippen LogP contribution in [0.5, 0.6) is 0 Å². The normalized spacial score (nSPS) is 15.9. The van der Waals surface area contributed by atoms with E-state index in [1.54, 1.807) is 12.3 Å². The smallest absolute Gasteiger partial charge is 0.370 e. The standard InChI is InChI=1S/C27H30F3N7OS/c1-16(2)20-5-6-23(36-12-18(13-36)15-39(4)38)22-11-32-25(9-21(20)22)34-24-7-8-31-26(35-24)19-10-33-37(14-19)17(3)27(28,29)30/h5-11,14,16-18H,12-13,15H2,1-4H3,(H,31,32,34,35). The fourth-order valence-electron chi connectivity index (χ4n) is 4.81. The highest BCUT2D eigenvalue weighted by Gasteiger charge is 2.38. The van der Waals surface area contributed by atoms with E-state index < -0.39 is 23.0 Å². The topological polar surface area (TPSA) is 88.8 Å². The first-order chi connectivity index (χ1) is 18.5. The van der Waals surface area contributed by atoms with Gasteiger partial charge in [0.05, 0.1) is 11.8 Å². The van der Waals surface area contributed by atoms with Gasteiger partial charge in [-0.3, -0.25) is 8.89 Å². The molecule has 1 N–H and O–H groups in total. The summed E-state index contributed by atoms with van der Waals surface area (Å²) in [7, 11) is -0.801. The van der Waals surface area contributed by atoms with E-state index >= 15 is 0 Å². The number of nitrogens with one attached hydrogen (secondary N) is 1. The molecule has 1 aliphatic heterocycles. The molecular formula is C27H30F3N7OS. The quantitative estimate of drug-likeness (QED) is 0.298. The molecule has 4 aromatic rings. The summed E-state index contributed by atoms with van der Waals surface area (Å²) in [5.41, 5.74) is 2.69. The van der Waals surface area contributed by atoms with E-state index in [1.807, 2.05) is 12.3 Å². The van der Waals surface area contributed by atoms with Crippen LogP contribution in [-0.4, -0.2) is 60.2 Å². The largest absolute Gasteiger partial charge is 0.410 e. The van der Waals surface area contributed by atoms with Gasteiger partial charge in [-0.15, -0.1) is 0 Å². The number of pyridine rings is 1. The Hall–Kier alpha value is -3.54. The van der Waals surface area contributed by atoms with E-state index in [2.05, 4.69) is 56.2 Å². The Morgan fingerprint density at radius 3 is 2.54 bits per heavy atom. The van der Waals surface area contributed by atoms with Gasteiger partial charge >= 0.3 is 6.18 Å². The van der Waals surface area contributed by atoms with Crippen molar-refractivity contribution in [2.24, 2.45) is 5.92 Å². The van der Waals surface area contributed by atoms with Crippen molar-refractivity contribution < 1.29 is 17.4 Å². The lowest BCUT2D eigenvalue weighted by Gasteiger charge is -2.41. The van der Waals surface area contributed by atoms with Gasteiger partial charge in [-0.25, -0.2) is 15.0 Å². The van der Waals surface area contributed by atoms with Gasteiger partial charge in [-0.2, -0.15) is 18.3 Å². The van der Waals surface area contributed by atoms with Crippen molar-refractivity contribution in [1.29, 1.82) is 0 Å². The minimum Gasteiger partial charge on any atom is -0.370 e. The average Bonchev–Trinajstić information content (AvgIpc) is 3.34. The zero-order valence-corrected chi connectivity index (χ0v) is 22.9. The van der Waals surface area contributed by atoms with Gasteiger partial charge in [-0.05, 0) is 42.0 Å². The van der Waals surface area contributed by atoms with Gasteiger partial charge < -0.3 is 10.2 Å². The third-order valence-corrected chi connectivity index (χ3v) is 7.88. The van der Waals surface area contributed by atoms with Crippen molar-refractivity contribution in [2.75, 3.05) is 35.3 Å². The molecule has 0 amide bonds. The van der Waals surface area contributed by atoms with Crippen LogP contribution in [0, 0.1) is 5.92 Å². The van der Waals surface area contributed by atoms with Crippen molar-refractivity contribution in [3.63, 3.8) is 0 Å². The number of rotatable bonds is 8. The molecule has 8 nitrogen and oxygen atoms in total. The lowest BCUT2D eigenvalue weighted by atomic mass is 9.93. The fourth-order valence-corrected chi connectivity index (χ4v) is 5.69. The van der Waals surface area contributed by atoms with Crippen molar-refractivity contribution in [1.82, 2.24) is 24.7 Å². The van der Waals surface area contributed by atoms with Crippen LogP contribution < -0.4 is 10.2 Å². The second-order valence-corrected chi connectivity index (χ2v) is 11.8. The monoisotopic (exact) mass is 557 g/mol. The minimum atomic E-state index is -4.41. The van der Waals surface area contributed by atoms with Gasteiger partial charge in [-0.1, -0.05) is 19.9 Å². The summed E-state index contributed by atoms with van der Waals surface area (Å²) in [5, 5.41) is 9.20. The van der Waals surface area contributed by atoms with Gasteiger partial charge in [0.1, 0.15) is 17.7 Å². The van der Waals surface area contributed by atoms with Crippen molar-refractivity contribution in [3.8, 4) is 11.4 Å². The predicted octanol–water partition coefficient (Wildman–Crippen LogP) is 5.69. The molecule has 5 rings (SSSR count). The van der Waals surface area contributed by atoms with E-state index in [0.717, 1.165) is 41.2 Å². The van der Waals surface area contributed by atoms with E-state index in [-0.39, 0.29) is 5.82 Å². The van der Waals surface area contributed by atoms with Crippen molar-refractivity contribution in [3.05, 3.63) is 54.6 Å². The van der Waals surface area contributed by atoms with Crippen LogP contribution >= 0.6 is 0 Å². The molecular weight excluding hydrogens is 527 g/mol. The molecule has 2 unspecified atom stereocenters. The third kappa shape index (κ3) is 5.75. The first-order valence-corrected chi connectivity index (χ1v) is 14.4. The molecule has 0 radical (unpaired) electrons. The third-order valence-electron chi connectivity index (χ3n) is 6.94. The van der Waals surface area contributed by atoms with Crippen LogP contribution in [-0.2, 0) is 10.8 Å². The maximum atomic E-state index is 13.1. The molecule has 0 aliphatic carbocycles. The highest BCUT2D eigenvalue weighted by atomic mass is 32.2. The number of halogens is 3. The molecule has 206 valence electrons. The number of aromatic nitrogens is 5. The SMILES string of the molecule is CC(C)c1ccc(N2CC(CS(C)=O)C2)c2cnc(Nc3ccnc(-c4cnn(C(C)C(F)(F)F)c4)n3)cc12. The first kappa shape index (κ1) is 27.0. The van der Waals surface area contributed by atoms with Crippen LogP contribution in [0.4, 0.5) is 30.5 Å². The Morgan fingerprint density at radius 1 is 1.08 bits per heavy atom. The van der Waals surface area contributed by atoms with Gasteiger partial charge in [0.25, 0.3) is 0 Å². The maximum absolute atomic E-state index is 13.1. The number of hydrogen-bond donors (Lipinski definition) is 1. The number of benzene rings is 1. The number of hydrogen-bond acceptors (Lipinski definition) is 7. The molecule has 12 heteroatoms. The summed E-state index contributed by atoms with van der Waals surface area (Å²) in [6.45, 7) is 7.09. The first-order valence-electron chi connectivity index (χ1n) is 12.7. The van der Waals surface area contributed by atoms with Crippen molar-refractivity contribution in [2.45, 2.75) is 38.9 Å². The second kappa shape index (κ2) is 10.6. The Balaban J connectivity index is 1.40. The molecule has 0 saturated carbocycles. The molecule has 39 heavy (non-hydrogen) atoms. The molecule has 1 saturated heterocycles. The number of nitrogens with zero attached hydrogens (tertiary/aromatic N) is 6. The number of anilines is 3. The van der Waals surface area contributed by atoms with Crippen LogP contribution in [0.25, 0.3) is 22.2 Å². The Bertz CT molecular complexity index is 1520. The van der Waals surface area contributed by atoms with E-state index in [4.69, 9.17) is 0 Å². The molecule has 2 atom stereocenters. The Labute approximate surface area is 227 Å². The van der Waals surface area contributed by atoms with E-state index in [1.165, 1.54) is 24.2 Å². The lowest BCUT2D eigenvalue weighted by Crippen LogP contribution is -2.49. The summed E-state index contributed by atoms with van der Waals surface area (Å²) in [6, 6.07) is 6.21. The zero-order valence-electron chi connectivity index (χ0n) is 22.1. The van der Waals surface area contributed by atoms with Crippen LogP contribution in [0.15, 0.2) is 49.1 Å². The number of alkyl halides is 3. The number of fused-ring (bicyclic) bond motifs is 1. The molecule has 1 aliphatic rings. The van der Waals surface area contributed by atoms with Gasteiger partial charge in [0, 0.05) is 71.5 Å². The lowest BCUT2D eigenvalue weighted by molar-refractivity contribution is -0.165. The van der Waals surface area contributed by atoms with E-state index in [9.17, 15) is 17.4 Å². The van der Waals surface area contributed by atoms with Crippen LogP contribution in [0.3, 0.4) is 0 Å². The molecule has 0 bridgehead atoms. The summed E-state index contributed by atoms with van der Waals surface area (Å²) >= 11 is 0. The summed E-state index contributed by atoms with van der Waals surface area (Å²) < 4.78 is 51.7. The minimum absolute atomic E-state index is 0.256. The molecule has 1 aromatic carbocycles. The second-order valence-electron chi connectivity index (χ2n) is 10.3. The van der Waals surface area contributed by atoms with E-state index in [0.29, 0.717) is 34.8 Å². The molecule has 3 aromatic heterocycles. The highest BCUT2D eigenvalue weighted by molar-refractivity contribution is 7.84. The fraction of sp³-hybridized carbons (Fsp3) is 0.407. The van der Waals surface area contributed by atoms with Gasteiger partial charge in [0.2, 0.25) is 0 Å². The summed E-state index contributed by atoms with van der Waals surface area (Å²) in [4.78, 5) is 15.6. The summed E-state index contributed by atoms with van der Waals surface area (Å²) in [6.07, 6.45) is 3.35. The van der Waals surface area contributed by atoms with Crippen LogP contribution in [0.1, 0.15) is 38.3 Å². The van der Waals surface area contributed by atoms with Crippen LogP contribution in [0.2, 0.25) is 0 Å².